The smallest absolute Gasteiger partial charge is 0.329 e. The first-order chi connectivity index (χ1) is 8.94. The van der Waals surface area contributed by atoms with Gasteiger partial charge in [0.1, 0.15) is 0 Å². The molecule has 0 saturated carbocycles. The number of hydrogen-bond donors (Lipinski definition) is 2. The summed E-state index contributed by atoms with van der Waals surface area (Å²) in [6, 6.07) is 6.49. The number of fused-ring (bicyclic) bond motifs is 1. The van der Waals surface area contributed by atoms with Crippen LogP contribution in [-0.2, 0) is 24.5 Å². The number of hydrogen-bond acceptors (Lipinski definition) is 4. The zero-order valence-corrected chi connectivity index (χ0v) is 10.6. The van der Waals surface area contributed by atoms with Crippen molar-refractivity contribution in [3.8, 4) is 0 Å². The van der Waals surface area contributed by atoms with Crippen molar-refractivity contribution in [3.63, 3.8) is 0 Å². The second-order valence-corrected chi connectivity index (χ2v) is 4.22. The molecule has 2 N–H and O–H groups in total. The van der Waals surface area contributed by atoms with Gasteiger partial charge in [-0.15, -0.1) is 0 Å². The third-order valence-corrected chi connectivity index (χ3v) is 3.47. The molecule has 1 radical (unpaired) electrons. The largest absolute Gasteiger partial charge is 0.480 e. The molecule has 6 heteroatoms. The SMILES string of the molecule is [CH2]C(OC)(OC)C1(C(=O)O)C(=O)Nc2ccccc21. The fraction of sp³-hybridized carbons (Fsp3) is 0.308. The third kappa shape index (κ3) is 1.50. The fourth-order valence-corrected chi connectivity index (χ4v) is 2.40. The Bertz CT molecular complexity index is 538. The molecule has 0 saturated heterocycles. The number of para-hydroxylation sites is 1. The van der Waals surface area contributed by atoms with Gasteiger partial charge in [0.25, 0.3) is 5.91 Å². The molecule has 0 fully saturated rings. The molecule has 1 atom stereocenters. The Morgan fingerprint density at radius 1 is 1.37 bits per heavy atom. The van der Waals surface area contributed by atoms with E-state index in [2.05, 4.69) is 12.2 Å². The molecule has 1 amide bonds. The normalized spacial score (nSPS) is 21.9. The van der Waals surface area contributed by atoms with Gasteiger partial charge in [0.05, 0.1) is 0 Å². The van der Waals surface area contributed by atoms with Crippen LogP contribution >= 0.6 is 0 Å². The van der Waals surface area contributed by atoms with Crippen LogP contribution in [-0.4, -0.2) is 37.0 Å². The summed E-state index contributed by atoms with van der Waals surface area (Å²) in [5, 5.41) is 12.1. The minimum Gasteiger partial charge on any atom is -0.480 e. The van der Waals surface area contributed by atoms with Gasteiger partial charge in [-0.05, 0) is 6.07 Å². The Morgan fingerprint density at radius 2 is 1.95 bits per heavy atom. The van der Waals surface area contributed by atoms with Gasteiger partial charge in [-0.2, -0.15) is 0 Å². The molecule has 101 valence electrons. The molecule has 6 nitrogen and oxygen atoms in total. The number of methoxy groups -OCH3 is 2. The highest BCUT2D eigenvalue weighted by Crippen LogP contribution is 2.46. The number of ether oxygens (including phenoxy) is 2. The van der Waals surface area contributed by atoms with Crippen molar-refractivity contribution in [2.75, 3.05) is 19.5 Å². The lowest BCUT2D eigenvalue weighted by atomic mass is 9.74. The van der Waals surface area contributed by atoms with Crippen LogP contribution in [0, 0.1) is 6.92 Å². The molecular formula is C13H14NO5. The highest BCUT2D eigenvalue weighted by atomic mass is 16.7. The fourth-order valence-electron chi connectivity index (χ4n) is 2.40. The van der Waals surface area contributed by atoms with Crippen LogP contribution in [0.2, 0.25) is 0 Å². The lowest BCUT2D eigenvalue weighted by Gasteiger charge is -2.38. The first-order valence-electron chi connectivity index (χ1n) is 5.54. The number of carboxylic acids is 1. The number of nitrogens with one attached hydrogen (secondary N) is 1. The van der Waals surface area contributed by atoms with Crippen molar-refractivity contribution in [3.05, 3.63) is 36.8 Å². The Labute approximate surface area is 110 Å². The minimum absolute atomic E-state index is 0.270. The summed E-state index contributed by atoms with van der Waals surface area (Å²) in [5.74, 6) is -3.98. The molecule has 0 spiro atoms. The molecule has 0 aromatic heterocycles. The van der Waals surface area contributed by atoms with E-state index in [0.717, 1.165) is 0 Å². The highest BCUT2D eigenvalue weighted by Gasteiger charge is 2.66. The summed E-state index contributed by atoms with van der Waals surface area (Å²) in [7, 11) is 2.49. The minimum atomic E-state index is -2.05. The molecule has 1 aliphatic rings. The second-order valence-electron chi connectivity index (χ2n) is 4.22. The second kappa shape index (κ2) is 4.32. The lowest BCUT2D eigenvalue weighted by molar-refractivity contribution is -0.221. The average Bonchev–Trinajstić information content (AvgIpc) is 2.71. The van der Waals surface area contributed by atoms with Gasteiger partial charge in [0.2, 0.25) is 5.41 Å². The van der Waals surface area contributed by atoms with Crippen LogP contribution in [0.15, 0.2) is 24.3 Å². The monoisotopic (exact) mass is 264 g/mol. The predicted octanol–water partition coefficient (Wildman–Crippen LogP) is 0.784. The molecule has 1 aromatic rings. The molecule has 0 aliphatic carbocycles. The maximum Gasteiger partial charge on any atom is 0.329 e. The van der Waals surface area contributed by atoms with Crippen molar-refractivity contribution in [2.45, 2.75) is 11.2 Å². The van der Waals surface area contributed by atoms with Crippen molar-refractivity contribution < 1.29 is 24.2 Å². The summed E-state index contributed by atoms with van der Waals surface area (Å²) < 4.78 is 10.2. The van der Waals surface area contributed by atoms with Gasteiger partial charge in [0, 0.05) is 32.4 Å². The maximum absolute atomic E-state index is 12.3. The third-order valence-electron chi connectivity index (χ3n) is 3.47. The number of anilines is 1. The number of carbonyl (C=O) groups excluding carboxylic acids is 1. The Kier molecular flexibility index (Phi) is 3.07. The summed E-state index contributed by atoms with van der Waals surface area (Å²) in [6.07, 6.45) is 0. The highest BCUT2D eigenvalue weighted by molar-refractivity contribution is 6.20. The van der Waals surface area contributed by atoms with E-state index < -0.39 is 23.1 Å². The molecule has 0 bridgehead atoms. The zero-order chi connectivity index (χ0) is 14.3. The Hall–Kier alpha value is -1.92. The van der Waals surface area contributed by atoms with Gasteiger partial charge >= 0.3 is 5.97 Å². The first kappa shape index (κ1) is 13.5. The molecule has 19 heavy (non-hydrogen) atoms. The number of aliphatic carboxylic acids is 1. The van der Waals surface area contributed by atoms with Gasteiger partial charge in [-0.25, -0.2) is 0 Å². The van der Waals surface area contributed by atoms with E-state index in [1.54, 1.807) is 24.3 Å². The van der Waals surface area contributed by atoms with Gasteiger partial charge in [-0.3, -0.25) is 9.59 Å². The van der Waals surface area contributed by atoms with Crippen LogP contribution in [0.1, 0.15) is 5.56 Å². The summed E-state index contributed by atoms with van der Waals surface area (Å²) >= 11 is 0. The Balaban J connectivity index is 2.78. The quantitative estimate of drug-likeness (QED) is 0.620. The van der Waals surface area contributed by atoms with E-state index in [4.69, 9.17) is 9.47 Å². The standard InChI is InChI=1S/C13H14NO5/c1-12(18-2,19-3)13(11(16)17)8-6-4-5-7-9(8)14-10(13)15/h4-7H,1H2,2-3H3,(H,14,15)(H,16,17). The van der Waals surface area contributed by atoms with Crippen molar-refractivity contribution in [2.24, 2.45) is 0 Å². The Morgan fingerprint density at radius 3 is 2.47 bits per heavy atom. The van der Waals surface area contributed by atoms with E-state index in [-0.39, 0.29) is 5.56 Å². The van der Waals surface area contributed by atoms with E-state index in [1.165, 1.54) is 14.2 Å². The van der Waals surface area contributed by atoms with E-state index in [1.807, 2.05) is 0 Å². The van der Waals surface area contributed by atoms with Gasteiger partial charge < -0.3 is 19.9 Å². The molecule has 1 unspecified atom stereocenters. The summed E-state index contributed by atoms with van der Waals surface area (Å²) in [6.45, 7) is 3.65. The summed E-state index contributed by atoms with van der Waals surface area (Å²) in [5.41, 5.74) is -1.36. The van der Waals surface area contributed by atoms with Crippen molar-refractivity contribution in [1.82, 2.24) is 0 Å². The molecular weight excluding hydrogens is 250 g/mol. The van der Waals surface area contributed by atoms with Crippen LogP contribution in [0.4, 0.5) is 5.69 Å². The topological polar surface area (TPSA) is 84.9 Å². The lowest BCUT2D eigenvalue weighted by Crippen LogP contribution is -2.61. The van der Waals surface area contributed by atoms with E-state index in [9.17, 15) is 14.7 Å². The summed E-state index contributed by atoms with van der Waals surface area (Å²) in [4.78, 5) is 24.1. The number of carbonyl (C=O) groups is 2. The van der Waals surface area contributed by atoms with Crippen molar-refractivity contribution >= 4 is 17.6 Å². The van der Waals surface area contributed by atoms with Gasteiger partial charge in [0.15, 0.2) is 5.79 Å². The molecule has 1 aromatic carbocycles. The van der Waals surface area contributed by atoms with Crippen LogP contribution in [0.3, 0.4) is 0 Å². The van der Waals surface area contributed by atoms with Crippen LogP contribution in [0.25, 0.3) is 0 Å². The average molecular weight is 264 g/mol. The predicted molar refractivity (Wildman–Crippen MR) is 66.5 cm³/mol. The molecule has 1 aliphatic heterocycles. The van der Waals surface area contributed by atoms with Crippen molar-refractivity contribution in [1.29, 1.82) is 0 Å². The molecule has 2 rings (SSSR count). The number of rotatable bonds is 4. The van der Waals surface area contributed by atoms with Gasteiger partial charge in [-0.1, -0.05) is 18.2 Å². The number of amides is 1. The van der Waals surface area contributed by atoms with E-state index in [0.29, 0.717) is 5.69 Å². The number of carboxylic acid groups (broad SMARTS) is 1. The maximum atomic E-state index is 12.3. The van der Waals surface area contributed by atoms with Crippen LogP contribution in [0.5, 0.6) is 0 Å². The van der Waals surface area contributed by atoms with E-state index >= 15 is 0 Å². The number of benzene rings is 1. The zero-order valence-electron chi connectivity index (χ0n) is 10.6. The molecule has 1 heterocycles. The first-order valence-corrected chi connectivity index (χ1v) is 5.54. The van der Waals surface area contributed by atoms with Crippen LogP contribution < -0.4 is 5.32 Å².